The number of benzene rings is 2. The molecule has 0 aromatic heterocycles. The van der Waals surface area contributed by atoms with Gasteiger partial charge in [-0.15, -0.1) is 0 Å². The largest absolute Gasteiger partial charge is 0.366 e. The van der Waals surface area contributed by atoms with Crippen LogP contribution in [0, 0.1) is 5.92 Å². The zero-order chi connectivity index (χ0) is 13.6. The van der Waals surface area contributed by atoms with Crippen molar-refractivity contribution in [2.45, 2.75) is 24.8 Å². The summed E-state index contributed by atoms with van der Waals surface area (Å²) in [5.41, 5.74) is 4.13. The first-order chi connectivity index (χ1) is 9.80. The van der Waals surface area contributed by atoms with Crippen molar-refractivity contribution >= 4 is 17.2 Å². The van der Waals surface area contributed by atoms with Gasteiger partial charge in [0.1, 0.15) is 0 Å². The first-order valence-corrected chi connectivity index (χ1v) is 7.66. The van der Waals surface area contributed by atoms with Crippen LogP contribution in [0.4, 0.5) is 0 Å². The van der Waals surface area contributed by atoms with E-state index in [1.807, 2.05) is 0 Å². The predicted molar refractivity (Wildman–Crippen MR) is 85.8 cm³/mol. The molecule has 2 aromatic carbocycles. The molecule has 0 bridgehead atoms. The lowest BCUT2D eigenvalue weighted by Crippen LogP contribution is -2.52. The minimum Gasteiger partial charge on any atom is -0.366 e. The maximum absolute atomic E-state index is 5.52. The van der Waals surface area contributed by atoms with Crippen LogP contribution < -0.4 is 5.32 Å². The summed E-state index contributed by atoms with van der Waals surface area (Å²) in [5.74, 6) is 0.606. The molecule has 100 valence electrons. The molecule has 2 atom stereocenters. The van der Waals surface area contributed by atoms with Gasteiger partial charge in [0.2, 0.25) is 0 Å². The van der Waals surface area contributed by atoms with E-state index in [0.29, 0.717) is 5.92 Å². The summed E-state index contributed by atoms with van der Waals surface area (Å²) in [6.45, 7) is 0. The fourth-order valence-corrected chi connectivity index (χ4v) is 4.24. The Morgan fingerprint density at radius 2 is 1.75 bits per heavy atom. The monoisotopic (exact) mass is 279 g/mol. The van der Waals surface area contributed by atoms with Gasteiger partial charge in [-0.3, -0.25) is 0 Å². The molecule has 1 aliphatic heterocycles. The third kappa shape index (κ3) is 1.58. The van der Waals surface area contributed by atoms with Crippen LogP contribution in [0.25, 0.3) is 0 Å². The van der Waals surface area contributed by atoms with Gasteiger partial charge in [0.15, 0.2) is 0 Å². The van der Waals surface area contributed by atoms with Gasteiger partial charge < -0.3 is 5.32 Å². The highest BCUT2D eigenvalue weighted by Crippen LogP contribution is 2.49. The van der Waals surface area contributed by atoms with E-state index in [4.69, 9.17) is 12.2 Å². The Morgan fingerprint density at radius 3 is 2.60 bits per heavy atom. The van der Waals surface area contributed by atoms with Crippen LogP contribution in [-0.2, 0) is 12.0 Å². The average Bonchev–Trinajstić information content (AvgIpc) is 2.83. The molecule has 1 nitrogen and oxygen atoms in total. The van der Waals surface area contributed by atoms with Gasteiger partial charge in [0.05, 0.1) is 10.5 Å². The molecule has 0 spiro atoms. The molecule has 1 fully saturated rings. The van der Waals surface area contributed by atoms with Crippen LogP contribution in [0.1, 0.15) is 29.5 Å². The Labute approximate surface area is 125 Å². The molecule has 1 saturated heterocycles. The van der Waals surface area contributed by atoms with Crippen molar-refractivity contribution in [1.82, 2.24) is 5.32 Å². The number of fused-ring (bicyclic) bond motifs is 3. The summed E-state index contributed by atoms with van der Waals surface area (Å²) >= 11 is 5.52. The van der Waals surface area contributed by atoms with Gasteiger partial charge in [-0.05, 0) is 41.9 Å². The van der Waals surface area contributed by atoms with Gasteiger partial charge in [-0.1, -0.05) is 66.8 Å². The lowest BCUT2D eigenvalue weighted by atomic mass is 9.73. The first kappa shape index (κ1) is 12.1. The summed E-state index contributed by atoms with van der Waals surface area (Å²) in [6.07, 6.45) is 3.35. The Bertz CT molecular complexity index is 664. The van der Waals surface area contributed by atoms with Gasteiger partial charge in [0.25, 0.3) is 0 Å². The maximum Gasteiger partial charge on any atom is 0.0917 e. The fourth-order valence-electron chi connectivity index (χ4n) is 3.96. The summed E-state index contributed by atoms with van der Waals surface area (Å²) in [5, 5.41) is 3.70. The summed E-state index contributed by atoms with van der Waals surface area (Å²) in [6, 6.07) is 19.6. The molecule has 0 amide bonds. The molecule has 1 heterocycles. The molecular weight excluding hydrogens is 262 g/mol. The molecule has 1 aliphatic carbocycles. The van der Waals surface area contributed by atoms with Crippen LogP contribution in [0.2, 0.25) is 0 Å². The molecule has 2 unspecified atom stereocenters. The van der Waals surface area contributed by atoms with E-state index in [0.717, 1.165) is 17.8 Å². The lowest BCUT2D eigenvalue weighted by molar-refractivity contribution is 0.287. The van der Waals surface area contributed by atoms with E-state index >= 15 is 0 Å². The quantitative estimate of drug-likeness (QED) is 0.797. The second-order valence-electron chi connectivity index (χ2n) is 5.82. The normalized spacial score (nSPS) is 27.6. The van der Waals surface area contributed by atoms with Gasteiger partial charge in [-0.2, -0.15) is 0 Å². The molecule has 20 heavy (non-hydrogen) atoms. The van der Waals surface area contributed by atoms with Crippen molar-refractivity contribution in [1.29, 1.82) is 0 Å². The van der Waals surface area contributed by atoms with E-state index in [1.165, 1.54) is 23.1 Å². The second kappa shape index (κ2) is 4.42. The highest BCUT2D eigenvalue weighted by Gasteiger charge is 2.50. The third-order valence-corrected chi connectivity index (χ3v) is 5.11. The van der Waals surface area contributed by atoms with Crippen LogP contribution in [-0.4, -0.2) is 4.99 Å². The summed E-state index contributed by atoms with van der Waals surface area (Å²) < 4.78 is 0. The molecule has 0 saturated carbocycles. The smallest absolute Gasteiger partial charge is 0.0917 e. The number of rotatable bonds is 1. The van der Waals surface area contributed by atoms with Crippen molar-refractivity contribution in [2.24, 2.45) is 5.92 Å². The van der Waals surface area contributed by atoms with E-state index in [1.54, 1.807) is 0 Å². The Balaban J connectivity index is 1.97. The first-order valence-electron chi connectivity index (χ1n) is 7.25. The minimum absolute atomic E-state index is 0.104. The van der Waals surface area contributed by atoms with Crippen LogP contribution in [0.3, 0.4) is 0 Å². The number of hydrogen-bond acceptors (Lipinski definition) is 1. The van der Waals surface area contributed by atoms with Crippen molar-refractivity contribution in [3.05, 3.63) is 71.3 Å². The van der Waals surface area contributed by atoms with E-state index in [9.17, 15) is 0 Å². The zero-order valence-electron chi connectivity index (χ0n) is 11.3. The van der Waals surface area contributed by atoms with Crippen LogP contribution in [0.15, 0.2) is 54.6 Å². The molecule has 4 rings (SSSR count). The zero-order valence-corrected chi connectivity index (χ0v) is 12.1. The van der Waals surface area contributed by atoms with E-state index < -0.39 is 0 Å². The highest BCUT2D eigenvalue weighted by atomic mass is 32.1. The number of hydrogen-bond donors (Lipinski definition) is 1. The Hall–Kier alpha value is -1.67. The van der Waals surface area contributed by atoms with E-state index in [-0.39, 0.29) is 5.54 Å². The molecular formula is C18H17NS. The van der Waals surface area contributed by atoms with Crippen molar-refractivity contribution in [2.75, 3.05) is 0 Å². The van der Waals surface area contributed by atoms with Crippen molar-refractivity contribution < 1.29 is 0 Å². The van der Waals surface area contributed by atoms with Crippen molar-refractivity contribution in [3.8, 4) is 0 Å². The lowest BCUT2D eigenvalue weighted by Gasteiger charge is -2.43. The molecule has 0 radical (unpaired) electrons. The Kier molecular flexibility index (Phi) is 2.67. The average molecular weight is 279 g/mol. The minimum atomic E-state index is -0.104. The number of nitrogens with one attached hydrogen (secondary N) is 1. The predicted octanol–water partition coefficient (Wildman–Crippen LogP) is 3.81. The van der Waals surface area contributed by atoms with Crippen LogP contribution in [0.5, 0.6) is 0 Å². The van der Waals surface area contributed by atoms with Crippen LogP contribution >= 0.6 is 12.2 Å². The number of thiocarbonyl (C=S) groups is 1. The summed E-state index contributed by atoms with van der Waals surface area (Å²) in [7, 11) is 0. The molecule has 2 aromatic rings. The third-order valence-electron chi connectivity index (χ3n) is 4.81. The topological polar surface area (TPSA) is 12.0 Å². The SMILES string of the molecule is S=C1CCC2Cc3ccccc3C2(c2ccccc2)N1. The second-order valence-corrected chi connectivity index (χ2v) is 6.31. The molecule has 2 heteroatoms. The van der Waals surface area contributed by atoms with Crippen molar-refractivity contribution in [3.63, 3.8) is 0 Å². The number of piperidine rings is 1. The Morgan fingerprint density at radius 1 is 1.00 bits per heavy atom. The van der Waals surface area contributed by atoms with Gasteiger partial charge in [-0.25, -0.2) is 0 Å². The fraction of sp³-hybridized carbons (Fsp3) is 0.278. The molecule has 2 aliphatic rings. The van der Waals surface area contributed by atoms with Gasteiger partial charge >= 0.3 is 0 Å². The van der Waals surface area contributed by atoms with E-state index in [2.05, 4.69) is 59.9 Å². The molecule has 1 N–H and O–H groups in total. The standard InChI is InChI=1S/C18H17NS/c20-17-11-10-15-12-13-6-4-5-9-16(13)18(15,19-17)14-7-2-1-3-8-14/h1-9,15H,10-12H2,(H,19,20). The maximum atomic E-state index is 5.52. The van der Waals surface area contributed by atoms with Gasteiger partial charge in [0, 0.05) is 0 Å². The summed E-state index contributed by atoms with van der Waals surface area (Å²) in [4.78, 5) is 1.00. The highest BCUT2D eigenvalue weighted by molar-refractivity contribution is 7.80.